The molecule has 7 nitrogen and oxygen atoms in total. The minimum atomic E-state index is -0.409. The van der Waals surface area contributed by atoms with E-state index in [1.165, 1.54) is 23.1 Å². The molecule has 0 bridgehead atoms. The Morgan fingerprint density at radius 3 is 2.81 bits per heavy atom. The van der Waals surface area contributed by atoms with Gasteiger partial charge in [0.15, 0.2) is 5.13 Å². The lowest BCUT2D eigenvalue weighted by Gasteiger charge is -2.07. The van der Waals surface area contributed by atoms with E-state index in [0.29, 0.717) is 16.2 Å². The highest BCUT2D eigenvalue weighted by Gasteiger charge is 2.20. The van der Waals surface area contributed by atoms with Crippen LogP contribution in [-0.2, 0) is 4.79 Å². The monoisotopic (exact) mass is 383 g/mol. The molecule has 1 atom stereocenters. The van der Waals surface area contributed by atoms with Crippen LogP contribution in [0.3, 0.4) is 0 Å². The van der Waals surface area contributed by atoms with E-state index in [9.17, 15) is 4.79 Å². The van der Waals surface area contributed by atoms with Crippen LogP contribution in [0, 0.1) is 0 Å². The number of anilines is 1. The van der Waals surface area contributed by atoms with E-state index in [4.69, 9.17) is 4.42 Å². The molecule has 0 saturated carbocycles. The van der Waals surface area contributed by atoms with Crippen LogP contribution in [0.1, 0.15) is 6.92 Å². The van der Waals surface area contributed by atoms with Crippen LogP contribution >= 0.6 is 23.1 Å². The van der Waals surface area contributed by atoms with Crippen molar-refractivity contribution in [1.82, 2.24) is 20.2 Å². The van der Waals surface area contributed by atoms with Gasteiger partial charge in [-0.15, -0.1) is 10.2 Å². The molecule has 130 valence electrons. The summed E-state index contributed by atoms with van der Waals surface area (Å²) in [5, 5.41) is 11.3. The lowest BCUT2D eigenvalue weighted by Crippen LogP contribution is -2.22. The molecule has 1 N–H and O–H groups in total. The Morgan fingerprint density at radius 2 is 2.00 bits per heavy atom. The van der Waals surface area contributed by atoms with Gasteiger partial charge in [-0.3, -0.25) is 9.78 Å². The number of fused-ring (bicyclic) bond motifs is 1. The van der Waals surface area contributed by atoms with Crippen LogP contribution in [0.25, 0.3) is 21.7 Å². The number of amides is 1. The zero-order valence-electron chi connectivity index (χ0n) is 13.6. The molecule has 4 rings (SSSR count). The number of hydrogen-bond donors (Lipinski definition) is 1. The topological polar surface area (TPSA) is 93.8 Å². The summed E-state index contributed by atoms with van der Waals surface area (Å²) in [7, 11) is 0. The standard InChI is InChI=1S/C17H13N5O2S2/c1-10(14(23)20-16-19-12-4-2-3-5-13(12)26-16)25-17-22-21-15(24-17)11-6-8-18-9-7-11/h2-10H,1H3,(H,19,20,23). The average Bonchev–Trinajstić information content (AvgIpc) is 3.28. The lowest BCUT2D eigenvalue weighted by atomic mass is 10.3. The number of nitrogens with zero attached hydrogens (tertiary/aromatic N) is 4. The van der Waals surface area contributed by atoms with Gasteiger partial charge in [0.05, 0.1) is 15.5 Å². The number of thioether (sulfide) groups is 1. The van der Waals surface area contributed by atoms with Crippen molar-refractivity contribution < 1.29 is 9.21 Å². The number of pyridine rings is 1. The zero-order valence-corrected chi connectivity index (χ0v) is 15.3. The normalized spacial score (nSPS) is 12.2. The maximum absolute atomic E-state index is 12.4. The van der Waals surface area contributed by atoms with Crippen molar-refractivity contribution in [2.75, 3.05) is 5.32 Å². The fraction of sp³-hybridized carbons (Fsp3) is 0.118. The zero-order chi connectivity index (χ0) is 17.9. The van der Waals surface area contributed by atoms with Gasteiger partial charge in [0.2, 0.25) is 11.8 Å². The van der Waals surface area contributed by atoms with Crippen molar-refractivity contribution in [2.24, 2.45) is 0 Å². The number of hydrogen-bond acceptors (Lipinski definition) is 8. The molecule has 9 heteroatoms. The van der Waals surface area contributed by atoms with Crippen LogP contribution in [0.2, 0.25) is 0 Å². The molecule has 3 heterocycles. The summed E-state index contributed by atoms with van der Waals surface area (Å²) < 4.78 is 6.64. The third-order valence-corrected chi connectivity index (χ3v) is 5.39. The van der Waals surface area contributed by atoms with Gasteiger partial charge in [0.1, 0.15) is 0 Å². The van der Waals surface area contributed by atoms with Gasteiger partial charge in [-0.1, -0.05) is 35.2 Å². The van der Waals surface area contributed by atoms with E-state index in [-0.39, 0.29) is 5.91 Å². The van der Waals surface area contributed by atoms with Crippen LogP contribution in [0.4, 0.5) is 5.13 Å². The minimum absolute atomic E-state index is 0.169. The Labute approximate surface area is 156 Å². The van der Waals surface area contributed by atoms with Crippen molar-refractivity contribution in [3.05, 3.63) is 48.8 Å². The third kappa shape index (κ3) is 3.58. The smallest absolute Gasteiger partial charge is 0.277 e. The highest BCUT2D eigenvalue weighted by atomic mass is 32.2. The first kappa shape index (κ1) is 16.7. The fourth-order valence-corrected chi connectivity index (χ4v) is 3.76. The summed E-state index contributed by atoms with van der Waals surface area (Å²) in [5.74, 6) is 0.228. The van der Waals surface area contributed by atoms with Crippen LogP contribution < -0.4 is 5.32 Å². The van der Waals surface area contributed by atoms with E-state index < -0.39 is 5.25 Å². The Kier molecular flexibility index (Phi) is 4.63. The molecular formula is C17H13N5O2S2. The highest BCUT2D eigenvalue weighted by Crippen LogP contribution is 2.28. The first-order valence-electron chi connectivity index (χ1n) is 7.76. The number of benzene rings is 1. The van der Waals surface area contributed by atoms with E-state index in [1.54, 1.807) is 31.5 Å². The summed E-state index contributed by atoms with van der Waals surface area (Å²) >= 11 is 2.64. The largest absolute Gasteiger partial charge is 0.411 e. The Bertz CT molecular complexity index is 1010. The number of carbonyl (C=O) groups is 1. The minimum Gasteiger partial charge on any atom is -0.411 e. The van der Waals surface area contributed by atoms with Gasteiger partial charge in [-0.25, -0.2) is 4.98 Å². The number of para-hydroxylation sites is 1. The number of thiazole rings is 1. The second kappa shape index (κ2) is 7.22. The third-order valence-electron chi connectivity index (χ3n) is 3.50. The van der Waals surface area contributed by atoms with E-state index in [0.717, 1.165) is 15.8 Å². The first-order chi connectivity index (χ1) is 12.7. The lowest BCUT2D eigenvalue weighted by molar-refractivity contribution is -0.115. The summed E-state index contributed by atoms with van der Waals surface area (Å²) in [5.41, 5.74) is 1.65. The molecule has 3 aromatic heterocycles. The molecular weight excluding hydrogens is 370 g/mol. The van der Waals surface area contributed by atoms with Crippen molar-refractivity contribution in [3.63, 3.8) is 0 Å². The van der Waals surface area contributed by atoms with E-state index in [1.807, 2.05) is 24.3 Å². The quantitative estimate of drug-likeness (QED) is 0.523. The van der Waals surface area contributed by atoms with Gasteiger partial charge < -0.3 is 9.73 Å². The second-order valence-corrected chi connectivity index (χ2v) is 7.67. The Morgan fingerprint density at radius 1 is 1.19 bits per heavy atom. The molecule has 0 radical (unpaired) electrons. The average molecular weight is 383 g/mol. The summed E-state index contributed by atoms with van der Waals surface area (Å²) in [6.07, 6.45) is 3.31. The predicted molar refractivity (Wildman–Crippen MR) is 101 cm³/mol. The summed E-state index contributed by atoms with van der Waals surface area (Å²) in [6, 6.07) is 11.3. The molecule has 1 unspecified atom stereocenters. The predicted octanol–water partition coefficient (Wildman–Crippen LogP) is 3.86. The second-order valence-electron chi connectivity index (χ2n) is 5.35. The molecule has 0 fully saturated rings. The summed E-state index contributed by atoms with van der Waals surface area (Å²) in [6.45, 7) is 1.78. The molecule has 0 saturated heterocycles. The van der Waals surface area contributed by atoms with Crippen molar-refractivity contribution in [1.29, 1.82) is 0 Å². The maximum atomic E-state index is 12.4. The first-order valence-corrected chi connectivity index (χ1v) is 9.45. The van der Waals surface area contributed by atoms with Gasteiger partial charge >= 0.3 is 0 Å². The maximum Gasteiger partial charge on any atom is 0.277 e. The molecule has 0 aliphatic heterocycles. The molecule has 0 aliphatic carbocycles. The highest BCUT2D eigenvalue weighted by molar-refractivity contribution is 8.00. The molecule has 0 aliphatic rings. The molecule has 1 aromatic carbocycles. The van der Waals surface area contributed by atoms with Gasteiger partial charge in [0, 0.05) is 18.0 Å². The molecule has 0 spiro atoms. The van der Waals surface area contributed by atoms with Crippen LogP contribution in [0.5, 0.6) is 0 Å². The Balaban J connectivity index is 1.42. The van der Waals surface area contributed by atoms with Gasteiger partial charge in [-0.2, -0.15) is 0 Å². The van der Waals surface area contributed by atoms with E-state index >= 15 is 0 Å². The van der Waals surface area contributed by atoms with E-state index in [2.05, 4.69) is 25.5 Å². The Hall–Kier alpha value is -2.78. The van der Waals surface area contributed by atoms with Crippen molar-refractivity contribution in [3.8, 4) is 11.5 Å². The number of rotatable bonds is 5. The number of carbonyl (C=O) groups excluding carboxylic acids is 1. The van der Waals surface area contributed by atoms with Crippen molar-refractivity contribution in [2.45, 2.75) is 17.4 Å². The van der Waals surface area contributed by atoms with Gasteiger partial charge in [-0.05, 0) is 31.2 Å². The number of aromatic nitrogens is 4. The number of nitrogens with one attached hydrogen (secondary N) is 1. The van der Waals surface area contributed by atoms with Gasteiger partial charge in [0.25, 0.3) is 5.22 Å². The molecule has 1 amide bonds. The van der Waals surface area contributed by atoms with Crippen LogP contribution in [-0.4, -0.2) is 31.3 Å². The van der Waals surface area contributed by atoms with Crippen LogP contribution in [0.15, 0.2) is 58.4 Å². The molecule has 26 heavy (non-hydrogen) atoms. The molecule has 4 aromatic rings. The summed E-state index contributed by atoms with van der Waals surface area (Å²) in [4.78, 5) is 20.8. The SMILES string of the molecule is CC(Sc1nnc(-c2ccncc2)o1)C(=O)Nc1nc2ccccc2s1. The fourth-order valence-electron chi connectivity index (χ4n) is 2.21. The van der Waals surface area contributed by atoms with Crippen molar-refractivity contribution >= 4 is 44.4 Å².